The Bertz CT molecular complexity index is 664. The topological polar surface area (TPSA) is 16.1 Å². The predicted molar refractivity (Wildman–Crippen MR) is 96.9 cm³/mol. The Morgan fingerprint density at radius 3 is 2.35 bits per heavy atom. The van der Waals surface area contributed by atoms with Crippen molar-refractivity contribution < 1.29 is 4.39 Å². The van der Waals surface area contributed by atoms with Crippen molar-refractivity contribution in [3.05, 3.63) is 34.4 Å². The summed E-state index contributed by atoms with van der Waals surface area (Å²) in [6, 6.07) is 5.57. The molecule has 23 heavy (non-hydrogen) atoms. The van der Waals surface area contributed by atoms with Gasteiger partial charge in [0, 0.05) is 29.4 Å². The summed E-state index contributed by atoms with van der Waals surface area (Å²) in [6.07, 6.45) is 4.82. The molecule has 1 aromatic heterocycles. The van der Waals surface area contributed by atoms with Gasteiger partial charge in [-0.25, -0.2) is 9.37 Å². The maximum atomic E-state index is 14.6. The van der Waals surface area contributed by atoms with Crippen LogP contribution in [-0.4, -0.2) is 18.1 Å². The maximum Gasteiger partial charge on any atom is 0.147 e. The lowest BCUT2D eigenvalue weighted by Crippen LogP contribution is -2.24. The minimum absolute atomic E-state index is 0.0352. The number of hydrogen-bond donors (Lipinski definition) is 0. The molecule has 0 N–H and O–H groups in total. The molecule has 0 unspecified atom stereocenters. The van der Waals surface area contributed by atoms with Crippen molar-refractivity contribution in [2.45, 2.75) is 51.9 Å². The van der Waals surface area contributed by atoms with E-state index in [9.17, 15) is 4.39 Å². The number of benzene rings is 1. The van der Waals surface area contributed by atoms with Gasteiger partial charge in [0.2, 0.25) is 0 Å². The highest BCUT2D eigenvalue weighted by Crippen LogP contribution is 2.32. The fraction of sp³-hybridized carbons (Fsp3) is 0.526. The highest BCUT2D eigenvalue weighted by molar-refractivity contribution is 7.10. The summed E-state index contributed by atoms with van der Waals surface area (Å²) in [4.78, 5) is 6.88. The van der Waals surface area contributed by atoms with E-state index in [1.165, 1.54) is 12.8 Å². The van der Waals surface area contributed by atoms with E-state index in [0.29, 0.717) is 0 Å². The molecule has 3 rings (SSSR count). The summed E-state index contributed by atoms with van der Waals surface area (Å²) in [6.45, 7) is 8.37. The van der Waals surface area contributed by atoms with Gasteiger partial charge in [0.15, 0.2) is 0 Å². The van der Waals surface area contributed by atoms with Crippen LogP contribution >= 0.6 is 11.3 Å². The molecule has 0 radical (unpaired) electrons. The molecule has 0 amide bonds. The van der Waals surface area contributed by atoms with E-state index in [1.807, 2.05) is 17.5 Å². The summed E-state index contributed by atoms with van der Waals surface area (Å²) in [5.74, 6) is -0.130. The maximum absolute atomic E-state index is 14.6. The molecule has 0 aliphatic carbocycles. The molecule has 2 aromatic rings. The largest absolute Gasteiger partial charge is 0.369 e. The van der Waals surface area contributed by atoms with Crippen molar-refractivity contribution in [2.75, 3.05) is 18.0 Å². The second kappa shape index (κ2) is 6.60. The highest BCUT2D eigenvalue weighted by atomic mass is 32.1. The number of halogens is 1. The van der Waals surface area contributed by atoms with E-state index in [-0.39, 0.29) is 11.2 Å². The van der Waals surface area contributed by atoms with Crippen LogP contribution in [-0.2, 0) is 5.41 Å². The average molecular weight is 332 g/mol. The Hall–Kier alpha value is -1.42. The van der Waals surface area contributed by atoms with Gasteiger partial charge >= 0.3 is 0 Å². The molecule has 1 saturated heterocycles. The van der Waals surface area contributed by atoms with Crippen LogP contribution in [0.2, 0.25) is 0 Å². The second-order valence-electron chi connectivity index (χ2n) is 7.36. The molecule has 0 saturated carbocycles. The third-order valence-electron chi connectivity index (χ3n) is 4.34. The number of nitrogens with zero attached hydrogens (tertiary/aromatic N) is 2. The van der Waals surface area contributed by atoms with Crippen LogP contribution in [0.4, 0.5) is 10.1 Å². The fourth-order valence-corrected chi connectivity index (χ4v) is 3.90. The third-order valence-corrected chi connectivity index (χ3v) is 5.60. The Balaban J connectivity index is 1.85. The normalized spacial score (nSPS) is 16.4. The lowest BCUT2D eigenvalue weighted by atomic mass is 9.98. The summed E-state index contributed by atoms with van der Waals surface area (Å²) >= 11 is 1.65. The number of hydrogen-bond acceptors (Lipinski definition) is 3. The molecule has 4 heteroatoms. The molecule has 0 atom stereocenters. The van der Waals surface area contributed by atoms with Gasteiger partial charge in [-0.2, -0.15) is 0 Å². The molecule has 0 bridgehead atoms. The van der Waals surface area contributed by atoms with E-state index in [1.54, 1.807) is 17.4 Å². The van der Waals surface area contributed by atoms with Crippen LogP contribution < -0.4 is 4.90 Å². The lowest BCUT2D eigenvalue weighted by molar-refractivity contribution is 0.586. The number of thiazole rings is 1. The Labute approximate surface area is 142 Å². The Morgan fingerprint density at radius 1 is 1.09 bits per heavy atom. The van der Waals surface area contributed by atoms with Gasteiger partial charge in [0.1, 0.15) is 5.82 Å². The zero-order valence-electron chi connectivity index (χ0n) is 14.2. The molecule has 2 heterocycles. The van der Waals surface area contributed by atoms with Gasteiger partial charge in [0.25, 0.3) is 0 Å². The van der Waals surface area contributed by atoms with E-state index in [2.05, 4.69) is 30.7 Å². The number of aromatic nitrogens is 1. The monoisotopic (exact) mass is 332 g/mol. The SMILES string of the molecule is CC(C)(C)c1nc(-c2ccc(N3CCCCCC3)c(F)c2)cs1. The van der Waals surface area contributed by atoms with Crippen LogP contribution in [0.15, 0.2) is 23.6 Å². The Morgan fingerprint density at radius 2 is 1.78 bits per heavy atom. The van der Waals surface area contributed by atoms with Gasteiger partial charge < -0.3 is 4.90 Å². The van der Waals surface area contributed by atoms with E-state index in [0.717, 1.165) is 47.9 Å². The Kier molecular flexibility index (Phi) is 4.72. The van der Waals surface area contributed by atoms with Crippen molar-refractivity contribution in [1.82, 2.24) is 4.98 Å². The minimum Gasteiger partial charge on any atom is -0.369 e. The molecular formula is C19H25FN2S. The van der Waals surface area contributed by atoms with Crippen molar-refractivity contribution in [2.24, 2.45) is 0 Å². The highest BCUT2D eigenvalue weighted by Gasteiger charge is 2.19. The summed E-state index contributed by atoms with van der Waals surface area (Å²) in [5, 5.41) is 3.12. The minimum atomic E-state index is -0.130. The zero-order valence-corrected chi connectivity index (χ0v) is 15.0. The van der Waals surface area contributed by atoms with Crippen LogP contribution in [0.5, 0.6) is 0 Å². The van der Waals surface area contributed by atoms with Crippen LogP contribution in [0.3, 0.4) is 0 Å². The van der Waals surface area contributed by atoms with Gasteiger partial charge in [0.05, 0.1) is 16.4 Å². The van der Waals surface area contributed by atoms with Crippen molar-refractivity contribution in [3.8, 4) is 11.3 Å². The smallest absolute Gasteiger partial charge is 0.147 e. The van der Waals surface area contributed by atoms with Gasteiger partial charge in [-0.05, 0) is 25.0 Å². The van der Waals surface area contributed by atoms with Gasteiger partial charge in [-0.1, -0.05) is 39.7 Å². The summed E-state index contributed by atoms with van der Waals surface area (Å²) < 4.78 is 14.6. The van der Waals surface area contributed by atoms with Crippen molar-refractivity contribution >= 4 is 17.0 Å². The lowest BCUT2D eigenvalue weighted by Gasteiger charge is -2.23. The molecule has 1 fully saturated rings. The standard InChI is InChI=1S/C19H25FN2S/c1-19(2,3)18-21-16(13-23-18)14-8-9-17(15(20)12-14)22-10-6-4-5-7-11-22/h8-9,12-13H,4-7,10-11H2,1-3H3. The molecule has 1 aliphatic rings. The van der Waals surface area contributed by atoms with E-state index in [4.69, 9.17) is 0 Å². The molecular weight excluding hydrogens is 307 g/mol. The first-order valence-electron chi connectivity index (χ1n) is 8.46. The second-order valence-corrected chi connectivity index (χ2v) is 8.21. The number of rotatable bonds is 2. The first-order valence-corrected chi connectivity index (χ1v) is 9.34. The molecule has 1 aliphatic heterocycles. The van der Waals surface area contributed by atoms with Crippen molar-refractivity contribution in [1.29, 1.82) is 0 Å². The van der Waals surface area contributed by atoms with E-state index >= 15 is 0 Å². The quantitative estimate of drug-likeness (QED) is 0.709. The first-order chi connectivity index (χ1) is 10.9. The third kappa shape index (κ3) is 3.74. The van der Waals surface area contributed by atoms with Crippen LogP contribution in [0, 0.1) is 5.82 Å². The number of anilines is 1. The average Bonchev–Trinajstić information content (AvgIpc) is 2.85. The molecule has 0 spiro atoms. The molecule has 1 aromatic carbocycles. The molecule has 2 nitrogen and oxygen atoms in total. The van der Waals surface area contributed by atoms with Crippen molar-refractivity contribution in [3.63, 3.8) is 0 Å². The fourth-order valence-electron chi connectivity index (χ4n) is 2.99. The molecule has 124 valence electrons. The van der Waals surface area contributed by atoms with E-state index < -0.39 is 0 Å². The summed E-state index contributed by atoms with van der Waals surface area (Å²) in [7, 11) is 0. The predicted octanol–water partition coefficient (Wildman–Crippen LogP) is 5.63. The van der Waals surface area contributed by atoms with Gasteiger partial charge in [-0.15, -0.1) is 11.3 Å². The first kappa shape index (κ1) is 16.4. The summed E-state index contributed by atoms with van der Waals surface area (Å²) in [5.41, 5.74) is 2.52. The zero-order chi connectivity index (χ0) is 16.4. The van der Waals surface area contributed by atoms with Crippen LogP contribution in [0.25, 0.3) is 11.3 Å². The van der Waals surface area contributed by atoms with Crippen LogP contribution in [0.1, 0.15) is 51.5 Å². The van der Waals surface area contributed by atoms with Gasteiger partial charge in [-0.3, -0.25) is 0 Å².